The minimum Gasteiger partial charge on any atom is -0.355 e. The van der Waals surface area contributed by atoms with Crippen LogP contribution in [0.3, 0.4) is 0 Å². The Morgan fingerprint density at radius 3 is 2.68 bits per heavy atom. The normalized spacial score (nSPS) is 13.5. The Morgan fingerprint density at radius 2 is 1.93 bits per heavy atom. The summed E-state index contributed by atoms with van der Waals surface area (Å²) in [6, 6.07) is 10.9. The summed E-state index contributed by atoms with van der Waals surface area (Å²) in [6.07, 6.45) is 5.33. The number of nitrogens with one attached hydrogen (secondary N) is 1. The number of carbonyl (C=O) groups is 1. The Hall–Kier alpha value is -2.71. The second-order valence-electron chi connectivity index (χ2n) is 6.20. The molecule has 1 N–H and O–H groups in total. The smallest absolute Gasteiger partial charge is 0.276 e. The number of anilines is 2. The fourth-order valence-corrected chi connectivity index (χ4v) is 3.92. The Labute approximate surface area is 171 Å². The second-order valence-corrected chi connectivity index (χ2v) is 7.67. The molecule has 0 aliphatic carbocycles. The van der Waals surface area contributed by atoms with Crippen LogP contribution in [0.1, 0.15) is 23.3 Å². The van der Waals surface area contributed by atoms with E-state index in [2.05, 4.69) is 30.4 Å². The standard InChI is InChI=1S/C19H17ClN6OS/c20-13-5-1-2-6-16(13)28-17-8-7-14(24-25-17)19(27)23-15-11-21-12-22-18(15)26-9-3-4-10-26/h1-2,5-8,11-12H,3-4,9-10H2,(H,23,27). The van der Waals surface area contributed by atoms with Crippen LogP contribution < -0.4 is 10.2 Å². The van der Waals surface area contributed by atoms with Gasteiger partial charge in [-0.3, -0.25) is 4.79 Å². The molecule has 1 aliphatic rings. The van der Waals surface area contributed by atoms with E-state index in [0.29, 0.717) is 15.7 Å². The average molecular weight is 413 g/mol. The number of rotatable bonds is 5. The highest BCUT2D eigenvalue weighted by Crippen LogP contribution is 2.31. The van der Waals surface area contributed by atoms with Gasteiger partial charge in [-0.1, -0.05) is 35.5 Å². The third-order valence-electron chi connectivity index (χ3n) is 4.27. The van der Waals surface area contributed by atoms with Gasteiger partial charge in [-0.05, 0) is 37.1 Å². The Balaban J connectivity index is 1.47. The van der Waals surface area contributed by atoms with E-state index >= 15 is 0 Å². The van der Waals surface area contributed by atoms with Gasteiger partial charge < -0.3 is 10.2 Å². The van der Waals surface area contributed by atoms with Crippen molar-refractivity contribution in [3.05, 3.63) is 59.6 Å². The molecule has 142 valence electrons. The highest BCUT2D eigenvalue weighted by atomic mass is 35.5. The molecule has 0 radical (unpaired) electrons. The molecule has 1 saturated heterocycles. The summed E-state index contributed by atoms with van der Waals surface area (Å²) in [5.41, 5.74) is 0.797. The SMILES string of the molecule is O=C(Nc1cncnc1N1CCCC1)c1ccc(Sc2ccccc2Cl)nn1. The molecule has 0 unspecified atom stereocenters. The summed E-state index contributed by atoms with van der Waals surface area (Å²) in [4.78, 5) is 24.0. The molecular formula is C19H17ClN6OS. The van der Waals surface area contributed by atoms with Crippen LogP contribution >= 0.6 is 23.4 Å². The topological polar surface area (TPSA) is 83.9 Å². The van der Waals surface area contributed by atoms with Gasteiger partial charge in [0.1, 0.15) is 17.0 Å². The van der Waals surface area contributed by atoms with Crippen LogP contribution in [0.25, 0.3) is 0 Å². The maximum absolute atomic E-state index is 12.6. The third-order valence-corrected chi connectivity index (χ3v) is 5.71. The molecule has 3 aromatic rings. The van der Waals surface area contributed by atoms with E-state index in [-0.39, 0.29) is 11.6 Å². The number of aromatic nitrogens is 4. The summed E-state index contributed by atoms with van der Waals surface area (Å²) in [6.45, 7) is 1.85. The summed E-state index contributed by atoms with van der Waals surface area (Å²) in [5, 5.41) is 12.3. The van der Waals surface area contributed by atoms with Crippen molar-refractivity contribution in [3.8, 4) is 0 Å². The lowest BCUT2D eigenvalue weighted by Gasteiger charge is -2.19. The van der Waals surface area contributed by atoms with Crippen LogP contribution in [0.4, 0.5) is 11.5 Å². The molecule has 3 heterocycles. The Bertz CT molecular complexity index is 978. The van der Waals surface area contributed by atoms with E-state index in [4.69, 9.17) is 11.6 Å². The quantitative estimate of drug-likeness (QED) is 0.679. The highest BCUT2D eigenvalue weighted by Gasteiger charge is 2.19. The molecular weight excluding hydrogens is 396 g/mol. The molecule has 0 atom stereocenters. The van der Waals surface area contributed by atoms with Crippen molar-refractivity contribution >= 4 is 40.8 Å². The van der Waals surface area contributed by atoms with E-state index in [1.54, 1.807) is 18.3 Å². The van der Waals surface area contributed by atoms with Crippen molar-refractivity contribution in [1.82, 2.24) is 20.2 Å². The summed E-state index contributed by atoms with van der Waals surface area (Å²) >= 11 is 7.56. The molecule has 9 heteroatoms. The van der Waals surface area contributed by atoms with Crippen molar-refractivity contribution in [3.63, 3.8) is 0 Å². The van der Waals surface area contributed by atoms with Crippen LogP contribution in [0.2, 0.25) is 5.02 Å². The van der Waals surface area contributed by atoms with E-state index in [0.717, 1.165) is 36.6 Å². The maximum Gasteiger partial charge on any atom is 0.276 e. The van der Waals surface area contributed by atoms with Gasteiger partial charge in [0.05, 0.1) is 11.2 Å². The molecule has 7 nitrogen and oxygen atoms in total. The van der Waals surface area contributed by atoms with E-state index in [9.17, 15) is 4.79 Å². The zero-order valence-corrected chi connectivity index (χ0v) is 16.5. The van der Waals surface area contributed by atoms with Crippen molar-refractivity contribution in [2.75, 3.05) is 23.3 Å². The average Bonchev–Trinajstić information content (AvgIpc) is 3.25. The summed E-state index contributed by atoms with van der Waals surface area (Å²) < 4.78 is 0. The predicted molar refractivity (Wildman–Crippen MR) is 109 cm³/mol. The third kappa shape index (κ3) is 4.23. The van der Waals surface area contributed by atoms with Crippen LogP contribution in [0, 0.1) is 0 Å². The molecule has 0 bridgehead atoms. The Morgan fingerprint density at radius 1 is 1.11 bits per heavy atom. The zero-order valence-electron chi connectivity index (χ0n) is 14.9. The van der Waals surface area contributed by atoms with Crippen molar-refractivity contribution in [2.45, 2.75) is 22.8 Å². The van der Waals surface area contributed by atoms with Crippen molar-refractivity contribution in [1.29, 1.82) is 0 Å². The summed E-state index contributed by atoms with van der Waals surface area (Å²) in [7, 11) is 0. The highest BCUT2D eigenvalue weighted by molar-refractivity contribution is 7.99. The first-order valence-electron chi connectivity index (χ1n) is 8.83. The van der Waals surface area contributed by atoms with E-state index in [1.165, 1.54) is 18.1 Å². The number of benzene rings is 1. The zero-order chi connectivity index (χ0) is 19.3. The minimum absolute atomic E-state index is 0.222. The van der Waals surface area contributed by atoms with Gasteiger partial charge in [-0.2, -0.15) is 0 Å². The Kier molecular flexibility index (Phi) is 5.68. The first-order chi connectivity index (χ1) is 13.7. The van der Waals surface area contributed by atoms with Crippen LogP contribution in [0.5, 0.6) is 0 Å². The van der Waals surface area contributed by atoms with Crippen molar-refractivity contribution < 1.29 is 4.79 Å². The molecule has 1 fully saturated rings. The molecule has 0 saturated carbocycles. The van der Waals surface area contributed by atoms with Crippen LogP contribution in [-0.2, 0) is 0 Å². The van der Waals surface area contributed by atoms with E-state index < -0.39 is 0 Å². The van der Waals surface area contributed by atoms with Gasteiger partial charge in [0.2, 0.25) is 0 Å². The van der Waals surface area contributed by atoms with Gasteiger partial charge in [-0.15, -0.1) is 10.2 Å². The van der Waals surface area contributed by atoms with Gasteiger partial charge in [-0.25, -0.2) is 9.97 Å². The molecule has 1 amide bonds. The number of hydrogen-bond acceptors (Lipinski definition) is 7. The lowest BCUT2D eigenvalue weighted by molar-refractivity contribution is 0.102. The van der Waals surface area contributed by atoms with Gasteiger partial charge in [0, 0.05) is 18.0 Å². The number of hydrogen-bond donors (Lipinski definition) is 1. The lowest BCUT2D eigenvalue weighted by atomic mass is 10.3. The first-order valence-corrected chi connectivity index (χ1v) is 10.0. The molecule has 1 aromatic carbocycles. The largest absolute Gasteiger partial charge is 0.355 e. The molecule has 28 heavy (non-hydrogen) atoms. The number of carbonyl (C=O) groups excluding carboxylic acids is 1. The molecule has 1 aliphatic heterocycles. The number of nitrogens with zero attached hydrogens (tertiary/aromatic N) is 5. The molecule has 0 spiro atoms. The fraction of sp³-hybridized carbons (Fsp3) is 0.211. The lowest BCUT2D eigenvalue weighted by Crippen LogP contribution is -2.23. The monoisotopic (exact) mass is 412 g/mol. The van der Waals surface area contributed by atoms with Gasteiger partial charge in [0.25, 0.3) is 5.91 Å². The molecule has 4 rings (SSSR count). The van der Waals surface area contributed by atoms with Gasteiger partial charge in [0.15, 0.2) is 11.5 Å². The van der Waals surface area contributed by atoms with E-state index in [1.807, 2.05) is 24.3 Å². The van der Waals surface area contributed by atoms with Crippen molar-refractivity contribution in [2.24, 2.45) is 0 Å². The predicted octanol–water partition coefficient (Wildman–Crippen LogP) is 3.92. The minimum atomic E-state index is -0.350. The number of halogens is 1. The van der Waals surface area contributed by atoms with Crippen LogP contribution in [0.15, 0.2) is 58.8 Å². The number of amides is 1. The maximum atomic E-state index is 12.6. The van der Waals surface area contributed by atoms with Crippen LogP contribution in [-0.4, -0.2) is 39.2 Å². The second kappa shape index (κ2) is 8.53. The molecule has 2 aromatic heterocycles. The fourth-order valence-electron chi connectivity index (χ4n) is 2.91. The first kappa shape index (κ1) is 18.6. The summed E-state index contributed by atoms with van der Waals surface area (Å²) in [5.74, 6) is 0.386. The van der Waals surface area contributed by atoms with Gasteiger partial charge >= 0.3 is 0 Å².